The summed E-state index contributed by atoms with van der Waals surface area (Å²) in [7, 11) is 1.31. The van der Waals surface area contributed by atoms with E-state index >= 15 is 0 Å². The van der Waals surface area contributed by atoms with Gasteiger partial charge in [-0.25, -0.2) is 4.79 Å². The lowest BCUT2D eigenvalue weighted by Gasteiger charge is -2.14. The molecule has 0 aliphatic heterocycles. The Balaban J connectivity index is 2.72. The van der Waals surface area contributed by atoms with Crippen molar-refractivity contribution in [3.05, 3.63) is 53.1 Å². The molecule has 0 aliphatic rings. The number of carbonyl (C=O) groups excluding carboxylic acids is 1. The molecule has 0 aliphatic carbocycles. The summed E-state index contributed by atoms with van der Waals surface area (Å²) < 4.78 is 4.73. The Bertz CT molecular complexity index is 616. The first kappa shape index (κ1) is 13.1. The summed E-state index contributed by atoms with van der Waals surface area (Å²) in [5.41, 5.74) is 3.41. The lowest BCUT2D eigenvalue weighted by molar-refractivity contribution is 0.0596. The molecule has 3 heteroatoms. The molecule has 0 spiro atoms. The first-order valence-corrected chi connectivity index (χ1v) is 6.03. The summed E-state index contributed by atoms with van der Waals surface area (Å²) >= 11 is 0. The van der Waals surface area contributed by atoms with Gasteiger partial charge in [-0.2, -0.15) is 0 Å². The van der Waals surface area contributed by atoms with Crippen LogP contribution in [0.5, 0.6) is 5.75 Å². The summed E-state index contributed by atoms with van der Waals surface area (Å²) in [6.45, 7) is 3.70. The summed E-state index contributed by atoms with van der Waals surface area (Å²) in [5.74, 6) is -0.539. The molecule has 0 saturated heterocycles. The Morgan fingerprint density at radius 1 is 1.11 bits per heavy atom. The number of benzene rings is 2. The van der Waals surface area contributed by atoms with Crippen molar-refractivity contribution in [1.29, 1.82) is 0 Å². The van der Waals surface area contributed by atoms with Crippen LogP contribution in [-0.2, 0) is 4.74 Å². The van der Waals surface area contributed by atoms with Crippen molar-refractivity contribution in [2.45, 2.75) is 13.8 Å². The number of hydrogen-bond donors (Lipinski definition) is 1. The van der Waals surface area contributed by atoms with Gasteiger partial charge in [0, 0.05) is 5.56 Å². The fraction of sp³-hybridized carbons (Fsp3) is 0.188. The van der Waals surface area contributed by atoms with Crippen LogP contribution in [0.15, 0.2) is 36.4 Å². The predicted molar refractivity (Wildman–Crippen MR) is 74.4 cm³/mol. The molecular formula is C16H16O3. The maximum absolute atomic E-state index is 11.8. The second kappa shape index (κ2) is 5.14. The highest BCUT2D eigenvalue weighted by atomic mass is 16.5. The predicted octanol–water partition coefficient (Wildman–Crippen LogP) is 3.46. The third-order valence-electron chi connectivity index (χ3n) is 3.15. The van der Waals surface area contributed by atoms with Gasteiger partial charge in [-0.15, -0.1) is 0 Å². The van der Waals surface area contributed by atoms with Gasteiger partial charge in [0.25, 0.3) is 0 Å². The van der Waals surface area contributed by atoms with E-state index in [1.165, 1.54) is 7.11 Å². The van der Waals surface area contributed by atoms with Crippen molar-refractivity contribution >= 4 is 5.97 Å². The lowest BCUT2D eigenvalue weighted by Crippen LogP contribution is -2.06. The molecule has 2 rings (SSSR count). The van der Waals surface area contributed by atoms with E-state index in [4.69, 9.17) is 4.74 Å². The van der Waals surface area contributed by atoms with Crippen molar-refractivity contribution in [3.8, 4) is 16.9 Å². The van der Waals surface area contributed by atoms with Crippen LogP contribution in [0.3, 0.4) is 0 Å². The third-order valence-corrected chi connectivity index (χ3v) is 3.15. The Hall–Kier alpha value is -2.29. The van der Waals surface area contributed by atoms with Crippen LogP contribution in [-0.4, -0.2) is 18.2 Å². The average molecular weight is 256 g/mol. The highest BCUT2D eigenvalue weighted by molar-refractivity contribution is 5.97. The molecule has 0 bridgehead atoms. The molecule has 0 saturated carbocycles. The van der Waals surface area contributed by atoms with Gasteiger partial charge in [0.2, 0.25) is 0 Å². The van der Waals surface area contributed by atoms with E-state index in [0.717, 1.165) is 11.1 Å². The smallest absolute Gasteiger partial charge is 0.341 e. The van der Waals surface area contributed by atoms with E-state index in [-0.39, 0.29) is 11.3 Å². The highest BCUT2D eigenvalue weighted by Gasteiger charge is 2.20. The number of phenols is 1. The molecule has 0 fully saturated rings. The Morgan fingerprint density at radius 3 is 2.32 bits per heavy atom. The minimum absolute atomic E-state index is 0.0180. The first-order chi connectivity index (χ1) is 9.06. The van der Waals surface area contributed by atoms with Gasteiger partial charge in [0.1, 0.15) is 11.3 Å². The van der Waals surface area contributed by atoms with Crippen LogP contribution >= 0.6 is 0 Å². The summed E-state index contributed by atoms with van der Waals surface area (Å²) in [6, 6.07) is 11.4. The summed E-state index contributed by atoms with van der Waals surface area (Å²) in [4.78, 5) is 11.8. The Labute approximate surface area is 112 Å². The maximum Gasteiger partial charge on any atom is 0.341 e. The average Bonchev–Trinajstić information content (AvgIpc) is 2.39. The van der Waals surface area contributed by atoms with Gasteiger partial charge >= 0.3 is 5.97 Å². The van der Waals surface area contributed by atoms with Crippen molar-refractivity contribution in [3.63, 3.8) is 0 Å². The zero-order valence-corrected chi connectivity index (χ0v) is 11.2. The molecule has 2 aromatic rings. The van der Waals surface area contributed by atoms with E-state index in [0.29, 0.717) is 11.1 Å². The highest BCUT2D eigenvalue weighted by Crippen LogP contribution is 2.37. The molecule has 2 aromatic carbocycles. The molecule has 98 valence electrons. The number of esters is 1. The van der Waals surface area contributed by atoms with Crippen LogP contribution in [0.2, 0.25) is 0 Å². The van der Waals surface area contributed by atoms with Gasteiger partial charge in [-0.1, -0.05) is 36.4 Å². The second-order valence-electron chi connectivity index (χ2n) is 4.47. The summed E-state index contributed by atoms with van der Waals surface area (Å²) in [6.07, 6.45) is 0. The number of rotatable bonds is 2. The Kier molecular flexibility index (Phi) is 3.56. The standard InChI is InChI=1S/C16H16O3/c1-10-9-11(2)14(16(18)19-3)15(17)13(10)12-7-5-4-6-8-12/h4-9,17H,1-3H3. The zero-order chi connectivity index (χ0) is 14.0. The van der Waals surface area contributed by atoms with Crippen molar-refractivity contribution in [1.82, 2.24) is 0 Å². The fourth-order valence-corrected chi connectivity index (χ4v) is 2.30. The minimum atomic E-state index is -0.521. The van der Waals surface area contributed by atoms with Crippen molar-refractivity contribution in [2.24, 2.45) is 0 Å². The SMILES string of the molecule is COC(=O)c1c(C)cc(C)c(-c2ccccc2)c1O. The largest absolute Gasteiger partial charge is 0.506 e. The van der Waals surface area contributed by atoms with E-state index in [2.05, 4.69) is 0 Å². The topological polar surface area (TPSA) is 46.5 Å². The monoisotopic (exact) mass is 256 g/mol. The van der Waals surface area contributed by atoms with Crippen molar-refractivity contribution < 1.29 is 14.6 Å². The van der Waals surface area contributed by atoms with E-state index < -0.39 is 5.97 Å². The van der Waals surface area contributed by atoms with Gasteiger partial charge < -0.3 is 9.84 Å². The third kappa shape index (κ3) is 2.32. The maximum atomic E-state index is 11.8. The molecule has 0 unspecified atom stereocenters. The number of ether oxygens (including phenoxy) is 1. The molecule has 0 radical (unpaired) electrons. The van der Waals surface area contributed by atoms with Crippen molar-refractivity contribution in [2.75, 3.05) is 7.11 Å². The molecule has 0 amide bonds. The van der Waals surface area contributed by atoms with Crippen LogP contribution in [0.25, 0.3) is 11.1 Å². The van der Waals surface area contributed by atoms with E-state index in [1.807, 2.05) is 43.3 Å². The normalized spacial score (nSPS) is 10.3. The number of aromatic hydroxyl groups is 1. The van der Waals surface area contributed by atoms with Gasteiger partial charge in [0.05, 0.1) is 7.11 Å². The number of hydrogen-bond acceptors (Lipinski definition) is 3. The minimum Gasteiger partial charge on any atom is -0.506 e. The molecule has 19 heavy (non-hydrogen) atoms. The lowest BCUT2D eigenvalue weighted by atomic mass is 9.93. The van der Waals surface area contributed by atoms with Crippen LogP contribution in [0.1, 0.15) is 21.5 Å². The second-order valence-corrected chi connectivity index (χ2v) is 4.47. The number of methoxy groups -OCH3 is 1. The van der Waals surface area contributed by atoms with Gasteiger partial charge in [-0.3, -0.25) is 0 Å². The summed E-state index contributed by atoms with van der Waals surface area (Å²) in [5, 5.41) is 10.4. The van der Waals surface area contributed by atoms with Gasteiger partial charge in [0.15, 0.2) is 0 Å². The zero-order valence-electron chi connectivity index (χ0n) is 11.2. The van der Waals surface area contributed by atoms with Gasteiger partial charge in [-0.05, 0) is 30.5 Å². The molecule has 0 heterocycles. The molecule has 3 nitrogen and oxygen atoms in total. The Morgan fingerprint density at radius 2 is 1.74 bits per heavy atom. The molecule has 1 N–H and O–H groups in total. The number of carbonyl (C=O) groups is 1. The molecular weight excluding hydrogens is 240 g/mol. The van der Waals surface area contributed by atoms with E-state index in [1.54, 1.807) is 6.92 Å². The number of aryl methyl sites for hydroxylation is 2. The van der Waals surface area contributed by atoms with Crippen LogP contribution in [0, 0.1) is 13.8 Å². The molecule has 0 aromatic heterocycles. The van der Waals surface area contributed by atoms with Crippen LogP contribution < -0.4 is 0 Å². The number of phenolic OH excluding ortho intramolecular Hbond substituents is 1. The first-order valence-electron chi connectivity index (χ1n) is 6.03. The quantitative estimate of drug-likeness (QED) is 0.837. The van der Waals surface area contributed by atoms with E-state index in [9.17, 15) is 9.90 Å². The fourth-order valence-electron chi connectivity index (χ4n) is 2.30. The van der Waals surface area contributed by atoms with Crippen LogP contribution in [0.4, 0.5) is 0 Å². The molecule has 0 atom stereocenters.